The van der Waals surface area contributed by atoms with Crippen LogP contribution in [-0.4, -0.2) is 13.2 Å². The van der Waals surface area contributed by atoms with Crippen LogP contribution in [0.2, 0.25) is 0 Å². The molecule has 0 aromatic heterocycles. The molecule has 1 aliphatic rings. The molecule has 0 unspecified atom stereocenters. The third-order valence-corrected chi connectivity index (χ3v) is 2.44. The maximum atomic E-state index is 5.75. The molecule has 0 atom stereocenters. The van der Waals surface area contributed by atoms with Crippen molar-refractivity contribution in [2.45, 2.75) is 12.4 Å². The fourth-order valence-electron chi connectivity index (χ4n) is 1.45. The summed E-state index contributed by atoms with van der Waals surface area (Å²) in [6, 6.07) is 6.11. The third-order valence-electron chi connectivity index (χ3n) is 2.13. The molecule has 1 heterocycles. The molecule has 1 N–H and O–H groups in total. The smallest absolute Gasteiger partial charge is 0.123 e. The lowest BCUT2D eigenvalue weighted by atomic mass is 10.1. The molecular formula is C10H12ClNO. The van der Waals surface area contributed by atoms with Gasteiger partial charge < -0.3 is 10.1 Å². The summed E-state index contributed by atoms with van der Waals surface area (Å²) in [7, 11) is 0. The molecular weight excluding hydrogens is 186 g/mol. The van der Waals surface area contributed by atoms with E-state index in [0.29, 0.717) is 5.88 Å². The highest BCUT2D eigenvalue weighted by Gasteiger charge is 2.07. The van der Waals surface area contributed by atoms with Gasteiger partial charge in [-0.2, -0.15) is 0 Å². The van der Waals surface area contributed by atoms with Gasteiger partial charge in [0.25, 0.3) is 0 Å². The van der Waals surface area contributed by atoms with Crippen LogP contribution < -0.4 is 10.1 Å². The van der Waals surface area contributed by atoms with E-state index >= 15 is 0 Å². The molecule has 2 nitrogen and oxygen atoms in total. The maximum Gasteiger partial charge on any atom is 0.123 e. The van der Waals surface area contributed by atoms with Gasteiger partial charge in [-0.1, -0.05) is 6.07 Å². The molecule has 0 saturated carbocycles. The summed E-state index contributed by atoms with van der Waals surface area (Å²) in [6.07, 6.45) is 0. The first-order valence-corrected chi connectivity index (χ1v) is 4.95. The van der Waals surface area contributed by atoms with Crippen molar-refractivity contribution < 1.29 is 4.74 Å². The molecule has 0 spiro atoms. The summed E-state index contributed by atoms with van der Waals surface area (Å²) in [6.45, 7) is 2.53. The normalized spacial score (nSPS) is 15.8. The highest BCUT2D eigenvalue weighted by atomic mass is 35.5. The second-order valence-electron chi connectivity index (χ2n) is 3.10. The molecule has 1 aliphatic heterocycles. The summed E-state index contributed by atoms with van der Waals surface area (Å²) in [4.78, 5) is 0. The molecule has 0 bridgehead atoms. The van der Waals surface area contributed by atoms with Gasteiger partial charge in [-0.05, 0) is 17.7 Å². The molecule has 0 saturated heterocycles. The Kier molecular flexibility index (Phi) is 2.71. The number of hydrogen-bond acceptors (Lipinski definition) is 2. The van der Waals surface area contributed by atoms with E-state index in [4.69, 9.17) is 16.3 Å². The summed E-state index contributed by atoms with van der Waals surface area (Å²) >= 11 is 5.75. The summed E-state index contributed by atoms with van der Waals surface area (Å²) < 4.78 is 5.54. The molecule has 1 aromatic carbocycles. The van der Waals surface area contributed by atoms with Crippen molar-refractivity contribution in [3.8, 4) is 5.75 Å². The van der Waals surface area contributed by atoms with E-state index in [1.165, 1.54) is 5.56 Å². The van der Waals surface area contributed by atoms with Crippen LogP contribution in [0, 0.1) is 0 Å². The highest BCUT2D eigenvalue weighted by Crippen LogP contribution is 2.22. The van der Waals surface area contributed by atoms with E-state index in [0.717, 1.165) is 31.0 Å². The van der Waals surface area contributed by atoms with Crippen LogP contribution in [0.15, 0.2) is 18.2 Å². The van der Waals surface area contributed by atoms with Crippen molar-refractivity contribution in [2.24, 2.45) is 0 Å². The largest absolute Gasteiger partial charge is 0.492 e. The number of fused-ring (bicyclic) bond motifs is 1. The maximum absolute atomic E-state index is 5.75. The van der Waals surface area contributed by atoms with E-state index in [2.05, 4.69) is 11.4 Å². The van der Waals surface area contributed by atoms with Crippen LogP contribution in [0.1, 0.15) is 11.1 Å². The standard InChI is InChI=1S/C10H12ClNO/c11-6-8-1-2-10-9(5-8)7-12-3-4-13-10/h1-2,5,12H,3-4,6-7H2. The van der Waals surface area contributed by atoms with Gasteiger partial charge in [0.15, 0.2) is 0 Å². The number of nitrogens with one attached hydrogen (secondary N) is 1. The molecule has 1 aromatic rings. The van der Waals surface area contributed by atoms with Crippen LogP contribution in [0.25, 0.3) is 0 Å². The van der Waals surface area contributed by atoms with Crippen molar-refractivity contribution in [3.63, 3.8) is 0 Å². The van der Waals surface area contributed by atoms with Gasteiger partial charge in [0, 0.05) is 24.5 Å². The molecule has 13 heavy (non-hydrogen) atoms. The molecule has 0 aliphatic carbocycles. The topological polar surface area (TPSA) is 21.3 Å². The summed E-state index contributed by atoms with van der Waals surface area (Å²) in [5.41, 5.74) is 2.35. The number of halogens is 1. The van der Waals surface area contributed by atoms with E-state index in [9.17, 15) is 0 Å². The number of alkyl halides is 1. The zero-order valence-corrected chi connectivity index (χ0v) is 8.10. The predicted octanol–water partition coefficient (Wildman–Crippen LogP) is 1.91. The number of ether oxygens (including phenoxy) is 1. The van der Waals surface area contributed by atoms with E-state index in [-0.39, 0.29) is 0 Å². The van der Waals surface area contributed by atoms with Crippen LogP contribution in [-0.2, 0) is 12.4 Å². The Morgan fingerprint density at radius 3 is 3.23 bits per heavy atom. The van der Waals surface area contributed by atoms with E-state index in [1.54, 1.807) is 0 Å². The van der Waals surface area contributed by atoms with Gasteiger partial charge in [-0.3, -0.25) is 0 Å². The van der Waals surface area contributed by atoms with Crippen LogP contribution in [0.5, 0.6) is 5.75 Å². The van der Waals surface area contributed by atoms with Gasteiger partial charge in [0.05, 0.1) is 0 Å². The summed E-state index contributed by atoms with van der Waals surface area (Å²) in [5.74, 6) is 1.55. The van der Waals surface area contributed by atoms with Crippen molar-refractivity contribution in [3.05, 3.63) is 29.3 Å². The van der Waals surface area contributed by atoms with Gasteiger partial charge in [-0.15, -0.1) is 11.6 Å². The lowest BCUT2D eigenvalue weighted by Crippen LogP contribution is -2.16. The first-order valence-electron chi connectivity index (χ1n) is 4.41. The highest BCUT2D eigenvalue weighted by molar-refractivity contribution is 6.17. The SMILES string of the molecule is ClCc1ccc2c(c1)CNCCO2. The Balaban J connectivity index is 2.32. The second kappa shape index (κ2) is 3.99. The molecule has 0 fully saturated rings. The number of benzene rings is 1. The van der Waals surface area contributed by atoms with Crippen LogP contribution in [0.4, 0.5) is 0 Å². The Morgan fingerprint density at radius 2 is 2.38 bits per heavy atom. The molecule has 70 valence electrons. The third kappa shape index (κ3) is 1.95. The molecule has 2 rings (SSSR count). The van der Waals surface area contributed by atoms with Crippen molar-refractivity contribution in [1.82, 2.24) is 5.32 Å². The Morgan fingerprint density at radius 1 is 1.46 bits per heavy atom. The zero-order valence-electron chi connectivity index (χ0n) is 7.35. The average molecular weight is 198 g/mol. The van der Waals surface area contributed by atoms with E-state index in [1.807, 2.05) is 12.1 Å². The predicted molar refractivity (Wildman–Crippen MR) is 53.2 cm³/mol. The summed E-state index contributed by atoms with van der Waals surface area (Å²) in [5, 5.41) is 3.29. The number of hydrogen-bond donors (Lipinski definition) is 1. The van der Waals surface area contributed by atoms with Crippen molar-refractivity contribution in [2.75, 3.05) is 13.2 Å². The number of rotatable bonds is 1. The van der Waals surface area contributed by atoms with Gasteiger partial charge >= 0.3 is 0 Å². The van der Waals surface area contributed by atoms with Crippen molar-refractivity contribution >= 4 is 11.6 Å². The van der Waals surface area contributed by atoms with Gasteiger partial charge in [0.2, 0.25) is 0 Å². The Bertz CT molecular complexity index is 301. The molecule has 0 radical (unpaired) electrons. The minimum absolute atomic E-state index is 0.563. The minimum atomic E-state index is 0.563. The first-order chi connectivity index (χ1) is 6.40. The van der Waals surface area contributed by atoms with Gasteiger partial charge in [0.1, 0.15) is 12.4 Å². The Labute approximate surface area is 82.9 Å². The van der Waals surface area contributed by atoms with Crippen molar-refractivity contribution in [1.29, 1.82) is 0 Å². The lowest BCUT2D eigenvalue weighted by molar-refractivity contribution is 0.325. The zero-order chi connectivity index (χ0) is 9.10. The van der Waals surface area contributed by atoms with Gasteiger partial charge in [-0.25, -0.2) is 0 Å². The Hall–Kier alpha value is -0.730. The quantitative estimate of drug-likeness (QED) is 0.695. The average Bonchev–Trinajstić information content (AvgIpc) is 2.41. The van der Waals surface area contributed by atoms with E-state index < -0.39 is 0 Å². The fourth-order valence-corrected chi connectivity index (χ4v) is 1.62. The fraction of sp³-hybridized carbons (Fsp3) is 0.400. The molecule has 3 heteroatoms. The first kappa shape index (κ1) is 8.85. The minimum Gasteiger partial charge on any atom is -0.492 e. The lowest BCUT2D eigenvalue weighted by Gasteiger charge is -2.07. The second-order valence-corrected chi connectivity index (χ2v) is 3.37. The molecule has 0 amide bonds. The van der Waals surface area contributed by atoms with Crippen LogP contribution in [0.3, 0.4) is 0 Å². The van der Waals surface area contributed by atoms with Crippen LogP contribution >= 0.6 is 11.6 Å². The monoisotopic (exact) mass is 197 g/mol.